The predicted molar refractivity (Wildman–Crippen MR) is 119 cm³/mol. The molecule has 1 aliphatic rings. The van der Waals surface area contributed by atoms with Gasteiger partial charge in [0, 0.05) is 21.8 Å². The first-order valence-corrected chi connectivity index (χ1v) is 10.3. The first-order chi connectivity index (χ1) is 14.1. The van der Waals surface area contributed by atoms with Crippen LogP contribution in [0.1, 0.15) is 10.4 Å². The number of halogens is 1. The Morgan fingerprint density at radius 2 is 1.90 bits per heavy atom. The van der Waals surface area contributed by atoms with Crippen molar-refractivity contribution in [3.63, 3.8) is 0 Å². The number of nitrogens with zero attached hydrogens (tertiary/aromatic N) is 2. The molecule has 4 aromatic rings. The van der Waals surface area contributed by atoms with E-state index in [4.69, 9.17) is 11.6 Å². The van der Waals surface area contributed by atoms with Gasteiger partial charge >= 0.3 is 0 Å². The summed E-state index contributed by atoms with van der Waals surface area (Å²) in [7, 11) is 0. The van der Waals surface area contributed by atoms with Crippen molar-refractivity contribution >= 4 is 45.5 Å². The lowest BCUT2D eigenvalue weighted by molar-refractivity contribution is 0.457. The van der Waals surface area contributed by atoms with Crippen LogP contribution in [0, 0.1) is 6.92 Å². The van der Waals surface area contributed by atoms with Crippen LogP contribution in [0.15, 0.2) is 65.7 Å². The van der Waals surface area contributed by atoms with Gasteiger partial charge in [-0.2, -0.15) is 4.98 Å². The first-order valence-electron chi connectivity index (χ1n) is 9.10. The quantitative estimate of drug-likeness (QED) is 0.418. The van der Waals surface area contributed by atoms with Gasteiger partial charge in [-0.15, -0.1) is 0 Å². The molecule has 29 heavy (non-hydrogen) atoms. The molecule has 3 aromatic carbocycles. The highest BCUT2D eigenvalue weighted by Crippen LogP contribution is 2.34. The molecule has 0 atom stereocenters. The van der Waals surface area contributed by atoms with E-state index in [-0.39, 0.29) is 5.88 Å². The van der Waals surface area contributed by atoms with Gasteiger partial charge in [-0.05, 0) is 54.1 Å². The highest BCUT2D eigenvalue weighted by Gasteiger charge is 2.13. The first kappa shape index (κ1) is 17.9. The smallest absolute Gasteiger partial charge is 0.231 e. The summed E-state index contributed by atoms with van der Waals surface area (Å²) >= 11 is 7.57. The molecule has 142 valence electrons. The number of rotatable bonds is 3. The number of anilines is 2. The summed E-state index contributed by atoms with van der Waals surface area (Å²) in [6.07, 6.45) is 1.93. The molecule has 4 nitrogen and oxygen atoms in total. The fourth-order valence-electron chi connectivity index (χ4n) is 3.37. The molecule has 5 rings (SSSR count). The SMILES string of the molecule is Cc1c(Cl)cccc1Nc1nc(O)c(C=c2ccc3c(c2)-c2ccccc2N=3)s1. The van der Waals surface area contributed by atoms with Gasteiger partial charge in [0.1, 0.15) is 0 Å². The van der Waals surface area contributed by atoms with Gasteiger partial charge in [0.15, 0.2) is 5.13 Å². The Bertz CT molecular complexity index is 1380. The Hall–Kier alpha value is -3.15. The molecule has 2 heterocycles. The second kappa shape index (κ2) is 7.03. The number of thiazole rings is 1. The molecule has 0 saturated carbocycles. The maximum absolute atomic E-state index is 10.3. The van der Waals surface area contributed by atoms with E-state index in [9.17, 15) is 5.11 Å². The second-order valence-electron chi connectivity index (χ2n) is 6.79. The largest absolute Gasteiger partial charge is 0.492 e. The average molecular weight is 418 g/mol. The number of aromatic nitrogens is 1. The summed E-state index contributed by atoms with van der Waals surface area (Å²) in [4.78, 5) is 9.59. The van der Waals surface area contributed by atoms with E-state index in [1.165, 1.54) is 11.3 Å². The monoisotopic (exact) mass is 417 g/mol. The van der Waals surface area contributed by atoms with E-state index < -0.39 is 0 Å². The van der Waals surface area contributed by atoms with Crippen LogP contribution in [-0.2, 0) is 0 Å². The lowest BCUT2D eigenvalue weighted by Gasteiger charge is -2.07. The number of hydrogen-bond acceptors (Lipinski definition) is 5. The third-order valence-electron chi connectivity index (χ3n) is 4.90. The molecule has 2 N–H and O–H groups in total. The fraction of sp³-hybridized carbons (Fsp3) is 0.0435. The molecular weight excluding hydrogens is 402 g/mol. The Morgan fingerprint density at radius 1 is 1.03 bits per heavy atom. The number of aromatic hydroxyl groups is 1. The third-order valence-corrected chi connectivity index (χ3v) is 6.21. The van der Waals surface area contributed by atoms with Crippen molar-refractivity contribution in [1.29, 1.82) is 0 Å². The Balaban J connectivity index is 1.50. The second-order valence-corrected chi connectivity index (χ2v) is 8.23. The van der Waals surface area contributed by atoms with Gasteiger partial charge in [-0.25, -0.2) is 4.99 Å². The van der Waals surface area contributed by atoms with Crippen LogP contribution in [0.5, 0.6) is 5.88 Å². The van der Waals surface area contributed by atoms with Crippen molar-refractivity contribution in [2.24, 2.45) is 4.99 Å². The van der Waals surface area contributed by atoms with Crippen molar-refractivity contribution < 1.29 is 5.11 Å². The summed E-state index contributed by atoms with van der Waals surface area (Å²) in [5.41, 5.74) is 5.03. The van der Waals surface area contributed by atoms with Crippen LogP contribution >= 0.6 is 22.9 Å². The summed E-state index contributed by atoms with van der Waals surface area (Å²) < 4.78 is 0. The zero-order valence-electron chi connectivity index (χ0n) is 15.5. The van der Waals surface area contributed by atoms with Gasteiger partial charge in [-0.3, -0.25) is 0 Å². The molecule has 0 fully saturated rings. The van der Waals surface area contributed by atoms with Crippen LogP contribution in [0.2, 0.25) is 5.02 Å². The Morgan fingerprint density at radius 3 is 2.79 bits per heavy atom. The van der Waals surface area contributed by atoms with Gasteiger partial charge in [0.25, 0.3) is 0 Å². The van der Waals surface area contributed by atoms with Crippen LogP contribution in [-0.4, -0.2) is 10.1 Å². The van der Waals surface area contributed by atoms with Crippen molar-refractivity contribution in [3.8, 4) is 17.0 Å². The summed E-state index contributed by atoms with van der Waals surface area (Å²) in [6, 6.07) is 19.9. The molecule has 1 aliphatic heterocycles. The highest BCUT2D eigenvalue weighted by atomic mass is 35.5. The van der Waals surface area contributed by atoms with E-state index in [2.05, 4.69) is 27.4 Å². The molecule has 6 heteroatoms. The third kappa shape index (κ3) is 3.28. The van der Waals surface area contributed by atoms with E-state index in [0.29, 0.717) is 15.0 Å². The van der Waals surface area contributed by atoms with E-state index in [0.717, 1.165) is 38.6 Å². The molecule has 0 aliphatic carbocycles. The fourth-order valence-corrected chi connectivity index (χ4v) is 4.37. The van der Waals surface area contributed by atoms with E-state index in [1.54, 1.807) is 0 Å². The average Bonchev–Trinajstić information content (AvgIpc) is 3.25. The molecule has 1 aromatic heterocycles. The van der Waals surface area contributed by atoms with Gasteiger partial charge < -0.3 is 10.4 Å². The Labute approximate surface area is 176 Å². The van der Waals surface area contributed by atoms with Gasteiger partial charge in [0.2, 0.25) is 5.88 Å². The minimum atomic E-state index is 0.00256. The molecule has 0 spiro atoms. The molecule has 0 radical (unpaired) electrons. The number of para-hydroxylation sites is 1. The lowest BCUT2D eigenvalue weighted by Crippen LogP contribution is -2.09. The zero-order valence-corrected chi connectivity index (χ0v) is 17.1. The molecular formula is C23H16ClN3OS. The van der Waals surface area contributed by atoms with Crippen molar-refractivity contribution in [1.82, 2.24) is 4.98 Å². The van der Waals surface area contributed by atoms with Crippen LogP contribution in [0.25, 0.3) is 17.2 Å². The highest BCUT2D eigenvalue weighted by molar-refractivity contribution is 7.16. The topological polar surface area (TPSA) is 57.5 Å². The minimum Gasteiger partial charge on any atom is -0.492 e. The molecule has 0 unspecified atom stereocenters. The standard InChI is InChI=1S/C23H16ClN3OS/c1-13-17(24)6-4-8-18(13)26-23-27-22(28)21(29-23)12-14-9-10-20-16(11-14)15-5-2-3-7-19(15)25-20/h2-12,28H,1H3,(H,26,27). The zero-order chi connectivity index (χ0) is 20.0. The van der Waals surface area contributed by atoms with Crippen LogP contribution in [0.4, 0.5) is 16.5 Å². The number of hydrogen-bond donors (Lipinski definition) is 2. The number of fused-ring (bicyclic) bond motifs is 3. The van der Waals surface area contributed by atoms with Crippen LogP contribution < -0.4 is 15.9 Å². The normalized spacial score (nSPS) is 12.4. The van der Waals surface area contributed by atoms with Crippen molar-refractivity contribution in [3.05, 3.63) is 86.7 Å². The lowest BCUT2D eigenvalue weighted by atomic mass is 10.0. The van der Waals surface area contributed by atoms with Crippen molar-refractivity contribution in [2.45, 2.75) is 6.92 Å². The summed E-state index contributed by atoms with van der Waals surface area (Å²) in [5, 5.41) is 16.8. The number of nitrogens with one attached hydrogen (secondary N) is 1. The number of benzene rings is 3. The van der Waals surface area contributed by atoms with Gasteiger partial charge in [0.05, 0.1) is 15.9 Å². The van der Waals surface area contributed by atoms with E-state index >= 15 is 0 Å². The molecule has 0 saturated heterocycles. The molecule has 0 bridgehead atoms. The molecule has 0 amide bonds. The van der Waals surface area contributed by atoms with Crippen molar-refractivity contribution in [2.75, 3.05) is 5.32 Å². The minimum absolute atomic E-state index is 0.00256. The summed E-state index contributed by atoms with van der Waals surface area (Å²) in [6.45, 7) is 1.94. The predicted octanol–water partition coefficient (Wildman–Crippen LogP) is 5.31. The van der Waals surface area contributed by atoms with Gasteiger partial charge in [-0.1, -0.05) is 53.3 Å². The summed E-state index contributed by atoms with van der Waals surface area (Å²) in [5.74, 6) is 0.00256. The van der Waals surface area contributed by atoms with E-state index in [1.807, 2.05) is 61.5 Å². The maximum Gasteiger partial charge on any atom is 0.231 e. The maximum atomic E-state index is 10.3. The Kier molecular flexibility index (Phi) is 4.34. The van der Waals surface area contributed by atoms with Crippen LogP contribution in [0.3, 0.4) is 0 Å².